The standard InChI is InChI=1S/C47H29N5.C41H25N5/c1-2-6-30(7-3-1)40-21-15-33-13-14-34-16-22-41(52-47(34)46(33)51-40)32-11-9-31(10-12-32)39-25-19-37-28-35(17-23-42(37)49-39)36-18-24-43-38(29-36)20-26-45(50-43)44-8-4-5-27-48-44;1-2-22-42-38(5-1)39-21-16-33-25-31(14-19-37(33)45-39)30-13-18-36-32(24-30)15-20-34(44-36)26-6-8-27(9-7-26)35-17-12-29-11-10-28-4-3-23-43-40(28)41(29)46-35/h1-29H;1-25H. The van der Waals surface area contributed by atoms with Crippen molar-refractivity contribution in [3.05, 3.63) is 328 Å². The number of benzene rings is 9. The van der Waals surface area contributed by atoms with E-state index >= 15 is 0 Å². The van der Waals surface area contributed by atoms with E-state index in [9.17, 15) is 0 Å². The van der Waals surface area contributed by atoms with Crippen LogP contribution in [0.2, 0.25) is 0 Å². The zero-order valence-electron chi connectivity index (χ0n) is 52.6. The lowest BCUT2D eigenvalue weighted by molar-refractivity contribution is 1.28. The summed E-state index contributed by atoms with van der Waals surface area (Å²) in [5, 5.41) is 8.71. The predicted octanol–water partition coefficient (Wildman–Crippen LogP) is 21.6. The lowest BCUT2D eigenvalue weighted by atomic mass is 10.0. The third-order valence-electron chi connectivity index (χ3n) is 18.3. The molecule has 0 bridgehead atoms. The number of hydrogen-bond acceptors (Lipinski definition) is 10. The van der Waals surface area contributed by atoms with Crippen LogP contribution >= 0.6 is 0 Å². The van der Waals surface area contributed by atoms with Crippen LogP contribution in [0.15, 0.2) is 328 Å². The molecule has 0 fully saturated rings. The molecule has 9 aromatic carbocycles. The Labute approximate surface area is 563 Å². The first-order chi connectivity index (χ1) is 48.5. The van der Waals surface area contributed by atoms with E-state index in [1.54, 1.807) is 12.4 Å². The van der Waals surface area contributed by atoms with Crippen LogP contribution in [0.25, 0.3) is 189 Å². The fourth-order valence-corrected chi connectivity index (χ4v) is 13.1. The summed E-state index contributed by atoms with van der Waals surface area (Å²) < 4.78 is 0. The highest BCUT2D eigenvalue weighted by Gasteiger charge is 2.14. The van der Waals surface area contributed by atoms with E-state index in [0.29, 0.717) is 0 Å². The van der Waals surface area contributed by atoms with Crippen LogP contribution in [0.4, 0.5) is 0 Å². The lowest BCUT2D eigenvalue weighted by Gasteiger charge is -2.09. The molecule has 0 amide bonds. The van der Waals surface area contributed by atoms with Crippen molar-refractivity contribution >= 4 is 87.2 Å². The Morgan fingerprint density at radius 2 is 0.418 bits per heavy atom. The second-order valence-corrected chi connectivity index (χ2v) is 24.4. The van der Waals surface area contributed by atoms with Crippen LogP contribution in [0.1, 0.15) is 0 Å². The van der Waals surface area contributed by atoms with Crippen molar-refractivity contribution in [2.45, 2.75) is 0 Å². The van der Waals surface area contributed by atoms with Crippen molar-refractivity contribution in [1.29, 1.82) is 0 Å². The Balaban J connectivity index is 0.000000143. The molecule has 0 saturated carbocycles. The Morgan fingerprint density at radius 3 is 0.786 bits per heavy atom. The van der Waals surface area contributed by atoms with Crippen molar-refractivity contribution < 1.29 is 0 Å². The largest absolute Gasteiger partial charge is 0.255 e. The summed E-state index contributed by atoms with van der Waals surface area (Å²) in [6.07, 6.45) is 5.41. The maximum absolute atomic E-state index is 5.13. The molecule has 456 valence electrons. The van der Waals surface area contributed by atoms with Gasteiger partial charge in [-0.05, 0) is 144 Å². The van der Waals surface area contributed by atoms with Gasteiger partial charge < -0.3 is 0 Å². The summed E-state index contributed by atoms with van der Waals surface area (Å²) in [6, 6.07) is 107. The Bertz CT molecular complexity index is 6290. The zero-order valence-corrected chi connectivity index (χ0v) is 52.6. The molecule has 0 atom stereocenters. The summed E-state index contributed by atoms with van der Waals surface area (Å²) in [6.45, 7) is 0. The Kier molecular flexibility index (Phi) is 14.3. The second-order valence-electron chi connectivity index (χ2n) is 24.4. The minimum Gasteiger partial charge on any atom is -0.255 e. The molecule has 19 aromatic rings. The van der Waals surface area contributed by atoms with Gasteiger partial charge in [0.2, 0.25) is 0 Å². The number of nitrogens with zero attached hydrogens (tertiary/aromatic N) is 10. The Morgan fingerprint density at radius 1 is 0.143 bits per heavy atom. The molecule has 98 heavy (non-hydrogen) atoms. The molecule has 0 aliphatic heterocycles. The SMILES string of the molecule is c1ccc(-c2ccc3cc(-c4ccc5nc(-c6ccc(-c7ccc8ccc9cccnc9c8n7)cc6)ccc5c4)ccc3n2)nc1.c1ccc(-c2ccc3ccc4ccc(-c5ccc(-c6ccc7cc(-c8ccc9nc(-c%10ccccn%10)ccc9c8)ccc7n6)cc5)nc4c3n2)cc1. The first-order valence-corrected chi connectivity index (χ1v) is 32.6. The molecule has 0 saturated heterocycles. The van der Waals surface area contributed by atoms with E-state index in [1.807, 2.05) is 79.0 Å². The molecule has 10 heteroatoms. The molecule has 0 unspecified atom stereocenters. The van der Waals surface area contributed by atoms with Crippen LogP contribution < -0.4 is 0 Å². The number of rotatable bonds is 9. The normalized spacial score (nSPS) is 11.5. The third kappa shape index (κ3) is 11.1. The summed E-state index contributed by atoms with van der Waals surface area (Å²) in [5.41, 5.74) is 25.5. The van der Waals surface area contributed by atoms with Crippen molar-refractivity contribution in [2.24, 2.45) is 0 Å². The molecule has 0 spiro atoms. The van der Waals surface area contributed by atoms with Gasteiger partial charge in [-0.25, -0.2) is 34.9 Å². The maximum atomic E-state index is 5.13. The molecule has 10 nitrogen and oxygen atoms in total. The molecule has 10 aromatic heterocycles. The molecule has 0 aliphatic carbocycles. The lowest BCUT2D eigenvalue weighted by Crippen LogP contribution is -1.91. The topological polar surface area (TPSA) is 129 Å². The average Bonchev–Trinajstić information content (AvgIpc) is 0.809. The summed E-state index contributed by atoms with van der Waals surface area (Å²) >= 11 is 0. The molecule has 0 radical (unpaired) electrons. The molecule has 19 rings (SSSR count). The fraction of sp³-hybridized carbons (Fsp3) is 0. The van der Waals surface area contributed by atoms with Gasteiger partial charge in [0.05, 0.1) is 95.4 Å². The van der Waals surface area contributed by atoms with Gasteiger partial charge in [0.15, 0.2) is 0 Å². The second kappa shape index (κ2) is 24.5. The average molecular weight is 1250 g/mol. The van der Waals surface area contributed by atoms with Crippen LogP contribution in [0.3, 0.4) is 0 Å². The summed E-state index contributed by atoms with van der Waals surface area (Å²) in [5.74, 6) is 0. The first kappa shape index (κ1) is 57.2. The molecule has 0 aliphatic rings. The van der Waals surface area contributed by atoms with E-state index < -0.39 is 0 Å². The van der Waals surface area contributed by atoms with Gasteiger partial charge in [-0.1, -0.05) is 188 Å². The predicted molar refractivity (Wildman–Crippen MR) is 400 cm³/mol. The summed E-state index contributed by atoms with van der Waals surface area (Å²) in [4.78, 5) is 48.4. The number of hydrogen-bond donors (Lipinski definition) is 0. The van der Waals surface area contributed by atoms with Crippen LogP contribution in [0, 0.1) is 0 Å². The Hall–Kier alpha value is -13.4. The van der Waals surface area contributed by atoms with Crippen molar-refractivity contribution in [3.63, 3.8) is 0 Å². The molecular weight excluding hydrogens is 1200 g/mol. The number of aromatic nitrogens is 10. The van der Waals surface area contributed by atoms with E-state index in [-0.39, 0.29) is 0 Å². The minimum atomic E-state index is 0.873. The zero-order chi connectivity index (χ0) is 64.9. The monoisotopic (exact) mass is 1250 g/mol. The van der Waals surface area contributed by atoms with Crippen LogP contribution in [0.5, 0.6) is 0 Å². The van der Waals surface area contributed by atoms with Crippen LogP contribution in [-0.2, 0) is 0 Å². The molecule has 10 heterocycles. The summed E-state index contributed by atoms with van der Waals surface area (Å²) in [7, 11) is 0. The van der Waals surface area contributed by atoms with E-state index in [4.69, 9.17) is 34.9 Å². The fourth-order valence-electron chi connectivity index (χ4n) is 13.1. The number of fused-ring (bicyclic) bond motifs is 10. The van der Waals surface area contributed by atoms with Gasteiger partial charge in [-0.15, -0.1) is 0 Å². The van der Waals surface area contributed by atoms with E-state index in [0.717, 1.165) is 189 Å². The van der Waals surface area contributed by atoms with Gasteiger partial charge in [-0.3, -0.25) is 15.0 Å². The van der Waals surface area contributed by atoms with E-state index in [2.05, 4.69) is 252 Å². The van der Waals surface area contributed by atoms with Crippen molar-refractivity contribution in [1.82, 2.24) is 49.8 Å². The smallest absolute Gasteiger partial charge is 0.0972 e. The van der Waals surface area contributed by atoms with Crippen molar-refractivity contribution in [2.75, 3.05) is 0 Å². The van der Waals surface area contributed by atoms with Gasteiger partial charge in [0.25, 0.3) is 0 Å². The highest BCUT2D eigenvalue weighted by Crippen LogP contribution is 2.35. The van der Waals surface area contributed by atoms with Gasteiger partial charge in [0, 0.05) is 89.5 Å². The molecule has 0 N–H and O–H groups in total. The molecular formula is C88H54N10. The first-order valence-electron chi connectivity index (χ1n) is 32.6. The maximum Gasteiger partial charge on any atom is 0.0972 e. The van der Waals surface area contributed by atoms with Crippen LogP contribution in [-0.4, -0.2) is 49.8 Å². The van der Waals surface area contributed by atoms with E-state index in [1.165, 1.54) is 0 Å². The minimum absolute atomic E-state index is 0.873. The van der Waals surface area contributed by atoms with Crippen molar-refractivity contribution in [3.8, 4) is 101 Å². The quantitative estimate of drug-likeness (QED) is 0.129. The van der Waals surface area contributed by atoms with Gasteiger partial charge in [-0.2, -0.15) is 0 Å². The van der Waals surface area contributed by atoms with Gasteiger partial charge >= 0.3 is 0 Å². The highest BCUT2D eigenvalue weighted by atomic mass is 14.8. The third-order valence-corrected chi connectivity index (χ3v) is 18.3. The number of pyridine rings is 10. The highest BCUT2D eigenvalue weighted by molar-refractivity contribution is 6.05. The van der Waals surface area contributed by atoms with Gasteiger partial charge in [0.1, 0.15) is 0 Å².